The molecule has 2 rings (SSSR count). The van der Waals surface area contributed by atoms with E-state index in [9.17, 15) is 8.42 Å². The van der Waals surface area contributed by atoms with Crippen LogP contribution in [-0.4, -0.2) is 70.5 Å². The molecule has 2 fully saturated rings. The number of likely N-dealkylation sites (tertiary alicyclic amines) is 1. The molecule has 2 saturated heterocycles. The lowest BCUT2D eigenvalue weighted by Crippen LogP contribution is -2.47. The van der Waals surface area contributed by atoms with Crippen LogP contribution in [0, 0.1) is 11.8 Å². The minimum atomic E-state index is -3.29. The summed E-state index contributed by atoms with van der Waals surface area (Å²) < 4.78 is 29.1. The SMILES string of the molecule is CCNCC1CCN(S(=O)(=O)NCC2CCN(C)C2)CC1. The molecule has 1 unspecified atom stereocenters. The number of nitrogens with zero attached hydrogens (tertiary/aromatic N) is 2. The van der Waals surface area contributed by atoms with Gasteiger partial charge in [0.05, 0.1) is 0 Å². The highest BCUT2D eigenvalue weighted by atomic mass is 32.2. The maximum Gasteiger partial charge on any atom is 0.279 e. The van der Waals surface area contributed by atoms with Crippen LogP contribution in [-0.2, 0) is 10.2 Å². The first-order chi connectivity index (χ1) is 10.0. The Morgan fingerprint density at radius 1 is 1.05 bits per heavy atom. The standard InChI is InChI=1S/C14H30N4O2S/c1-3-15-10-13-5-8-18(9-6-13)21(19,20)16-11-14-4-7-17(2)12-14/h13-16H,3-12H2,1-2H3. The molecule has 2 aliphatic rings. The van der Waals surface area contributed by atoms with Gasteiger partial charge in [-0.1, -0.05) is 6.92 Å². The second-order valence-electron chi connectivity index (χ2n) is 6.42. The third-order valence-corrected chi connectivity index (χ3v) is 6.22. The smallest absolute Gasteiger partial charge is 0.279 e. The fraction of sp³-hybridized carbons (Fsp3) is 1.00. The molecule has 0 aromatic heterocycles. The molecule has 2 aliphatic heterocycles. The Morgan fingerprint density at radius 3 is 2.29 bits per heavy atom. The Hall–Kier alpha value is -0.210. The Morgan fingerprint density at radius 2 is 1.71 bits per heavy atom. The first-order valence-electron chi connectivity index (χ1n) is 8.15. The molecule has 21 heavy (non-hydrogen) atoms. The first kappa shape index (κ1) is 17.1. The van der Waals surface area contributed by atoms with Crippen LogP contribution in [0.2, 0.25) is 0 Å². The minimum absolute atomic E-state index is 0.455. The van der Waals surface area contributed by atoms with Crippen LogP contribution in [0.25, 0.3) is 0 Å². The largest absolute Gasteiger partial charge is 0.317 e. The van der Waals surface area contributed by atoms with E-state index < -0.39 is 10.2 Å². The molecule has 0 amide bonds. The number of piperidine rings is 1. The number of nitrogens with one attached hydrogen (secondary N) is 2. The van der Waals surface area contributed by atoms with E-state index in [1.807, 2.05) is 0 Å². The van der Waals surface area contributed by atoms with Crippen molar-refractivity contribution >= 4 is 10.2 Å². The molecule has 0 spiro atoms. The second kappa shape index (κ2) is 7.87. The van der Waals surface area contributed by atoms with Crippen LogP contribution in [0.3, 0.4) is 0 Å². The van der Waals surface area contributed by atoms with Gasteiger partial charge >= 0.3 is 0 Å². The summed E-state index contributed by atoms with van der Waals surface area (Å²) >= 11 is 0. The van der Waals surface area contributed by atoms with E-state index in [2.05, 4.69) is 28.9 Å². The van der Waals surface area contributed by atoms with Crippen molar-refractivity contribution in [1.29, 1.82) is 0 Å². The van der Waals surface area contributed by atoms with Gasteiger partial charge in [0.25, 0.3) is 10.2 Å². The molecule has 6 nitrogen and oxygen atoms in total. The predicted octanol–water partition coefficient (Wildman–Crippen LogP) is 0.0940. The summed E-state index contributed by atoms with van der Waals surface area (Å²) in [7, 11) is -1.20. The Bertz CT molecular complexity index is 407. The van der Waals surface area contributed by atoms with Gasteiger partial charge < -0.3 is 10.2 Å². The minimum Gasteiger partial charge on any atom is -0.317 e. The summed E-state index contributed by atoms with van der Waals surface area (Å²) in [6.07, 6.45) is 3.00. The average Bonchev–Trinajstić information content (AvgIpc) is 2.89. The zero-order chi connectivity index (χ0) is 15.3. The van der Waals surface area contributed by atoms with Crippen LogP contribution in [0.1, 0.15) is 26.2 Å². The molecular formula is C14H30N4O2S. The van der Waals surface area contributed by atoms with Gasteiger partial charge in [0.1, 0.15) is 0 Å². The summed E-state index contributed by atoms with van der Waals surface area (Å²) in [5.41, 5.74) is 0. The monoisotopic (exact) mass is 318 g/mol. The van der Waals surface area contributed by atoms with Crippen LogP contribution in [0.4, 0.5) is 0 Å². The van der Waals surface area contributed by atoms with Gasteiger partial charge in [-0.25, -0.2) is 4.72 Å². The highest BCUT2D eigenvalue weighted by Gasteiger charge is 2.29. The highest BCUT2D eigenvalue weighted by Crippen LogP contribution is 2.19. The summed E-state index contributed by atoms with van der Waals surface area (Å²) in [6, 6.07) is 0. The van der Waals surface area contributed by atoms with Crippen molar-refractivity contribution in [3.05, 3.63) is 0 Å². The molecule has 124 valence electrons. The van der Waals surface area contributed by atoms with Crippen molar-refractivity contribution in [3.8, 4) is 0 Å². The van der Waals surface area contributed by atoms with Crippen molar-refractivity contribution in [2.45, 2.75) is 26.2 Å². The topological polar surface area (TPSA) is 64.7 Å². The lowest BCUT2D eigenvalue weighted by Gasteiger charge is -2.31. The summed E-state index contributed by atoms with van der Waals surface area (Å²) in [5.74, 6) is 1.07. The summed E-state index contributed by atoms with van der Waals surface area (Å²) in [6.45, 7) is 8.03. The van der Waals surface area contributed by atoms with Gasteiger partial charge in [0.15, 0.2) is 0 Å². The molecule has 0 aliphatic carbocycles. The maximum atomic E-state index is 12.3. The van der Waals surface area contributed by atoms with Crippen LogP contribution in [0.5, 0.6) is 0 Å². The van der Waals surface area contributed by atoms with Gasteiger partial charge in [-0.05, 0) is 57.8 Å². The van der Waals surface area contributed by atoms with E-state index >= 15 is 0 Å². The molecule has 1 atom stereocenters. The van der Waals surface area contributed by atoms with E-state index in [1.54, 1.807) is 4.31 Å². The van der Waals surface area contributed by atoms with Gasteiger partial charge in [-0.3, -0.25) is 0 Å². The number of hydrogen-bond acceptors (Lipinski definition) is 4. The van der Waals surface area contributed by atoms with Gasteiger partial charge in [0, 0.05) is 26.2 Å². The molecule has 2 N–H and O–H groups in total. The third-order valence-electron chi connectivity index (χ3n) is 4.64. The molecule has 0 radical (unpaired) electrons. The van der Waals surface area contributed by atoms with Crippen molar-refractivity contribution in [2.75, 3.05) is 52.9 Å². The van der Waals surface area contributed by atoms with Crippen molar-refractivity contribution < 1.29 is 8.42 Å². The number of rotatable bonds is 7. The van der Waals surface area contributed by atoms with E-state index in [4.69, 9.17) is 0 Å². The van der Waals surface area contributed by atoms with E-state index in [0.717, 1.165) is 45.4 Å². The molecule has 0 aromatic carbocycles. The molecule has 2 heterocycles. The zero-order valence-corrected chi connectivity index (χ0v) is 14.2. The predicted molar refractivity (Wildman–Crippen MR) is 85.4 cm³/mol. The zero-order valence-electron chi connectivity index (χ0n) is 13.3. The average molecular weight is 318 g/mol. The Kier molecular flexibility index (Phi) is 6.43. The fourth-order valence-electron chi connectivity index (χ4n) is 3.21. The summed E-state index contributed by atoms with van der Waals surface area (Å²) in [5, 5.41) is 3.35. The van der Waals surface area contributed by atoms with Crippen LogP contribution in [0.15, 0.2) is 0 Å². The summed E-state index contributed by atoms with van der Waals surface area (Å²) in [4.78, 5) is 2.26. The van der Waals surface area contributed by atoms with Crippen molar-refractivity contribution in [2.24, 2.45) is 11.8 Å². The van der Waals surface area contributed by atoms with Crippen LogP contribution >= 0.6 is 0 Å². The maximum absolute atomic E-state index is 12.3. The normalized spacial score (nSPS) is 26.5. The van der Waals surface area contributed by atoms with Gasteiger partial charge in [0.2, 0.25) is 0 Å². The van der Waals surface area contributed by atoms with Gasteiger partial charge in [-0.15, -0.1) is 0 Å². The quantitative estimate of drug-likeness (QED) is 0.698. The van der Waals surface area contributed by atoms with E-state index in [0.29, 0.717) is 31.5 Å². The molecule has 0 aromatic rings. The number of hydrogen-bond donors (Lipinski definition) is 2. The molecule has 0 bridgehead atoms. The van der Waals surface area contributed by atoms with E-state index in [1.165, 1.54) is 0 Å². The molecule has 0 saturated carbocycles. The highest BCUT2D eigenvalue weighted by molar-refractivity contribution is 7.87. The van der Waals surface area contributed by atoms with Crippen molar-refractivity contribution in [1.82, 2.24) is 19.2 Å². The third kappa shape index (κ3) is 5.17. The first-order valence-corrected chi connectivity index (χ1v) is 9.59. The lowest BCUT2D eigenvalue weighted by atomic mass is 9.98. The Labute approximate surface area is 129 Å². The van der Waals surface area contributed by atoms with E-state index in [-0.39, 0.29) is 0 Å². The molecule has 7 heteroatoms. The van der Waals surface area contributed by atoms with Crippen molar-refractivity contribution in [3.63, 3.8) is 0 Å². The fourth-order valence-corrected chi connectivity index (χ4v) is 4.53. The lowest BCUT2D eigenvalue weighted by molar-refractivity contribution is 0.265. The second-order valence-corrected chi connectivity index (χ2v) is 8.18. The van der Waals surface area contributed by atoms with Crippen LogP contribution < -0.4 is 10.0 Å². The molecular weight excluding hydrogens is 288 g/mol. The van der Waals surface area contributed by atoms with Gasteiger partial charge in [-0.2, -0.15) is 12.7 Å². The Balaban J connectivity index is 1.73.